The zero-order valence-electron chi connectivity index (χ0n) is 17.4. The Kier molecular flexibility index (Phi) is 5.49. The third kappa shape index (κ3) is 3.53. The van der Waals surface area contributed by atoms with Gasteiger partial charge in [-0.05, 0) is 26.7 Å². The number of carbonyl (C=O) groups is 1. The van der Waals surface area contributed by atoms with Gasteiger partial charge < -0.3 is 24.5 Å². The standard InChI is InChI=1S/C22H28O7/c1-6-10(3)18(25)17-19(26)12-8-14(22(4,5)27)28-20(12)16-11(13(23)7-2)9-15(24)29-21(16)17/h9-10,13-14,23,26-27H,6-8H2,1-5H3/t10?,13-,14?/m0/s1. The minimum absolute atomic E-state index is 0.0738. The molecule has 0 saturated heterocycles. The predicted octanol–water partition coefficient (Wildman–Crippen LogP) is 3.25. The van der Waals surface area contributed by atoms with Crippen molar-refractivity contribution in [1.29, 1.82) is 0 Å². The van der Waals surface area contributed by atoms with Crippen LogP contribution in [0.4, 0.5) is 0 Å². The number of fused-ring (bicyclic) bond motifs is 3. The highest BCUT2D eigenvalue weighted by Crippen LogP contribution is 2.48. The monoisotopic (exact) mass is 404 g/mol. The minimum atomic E-state index is -1.21. The third-order valence-electron chi connectivity index (χ3n) is 5.73. The minimum Gasteiger partial charge on any atom is -0.507 e. The van der Waals surface area contributed by atoms with Crippen molar-refractivity contribution in [2.75, 3.05) is 0 Å². The first kappa shape index (κ1) is 21.3. The first-order valence-electron chi connectivity index (χ1n) is 9.97. The summed E-state index contributed by atoms with van der Waals surface area (Å²) >= 11 is 0. The van der Waals surface area contributed by atoms with E-state index in [4.69, 9.17) is 9.15 Å². The molecule has 2 unspecified atom stereocenters. The quantitative estimate of drug-likeness (QED) is 0.500. The molecule has 0 amide bonds. The Morgan fingerprint density at radius 3 is 2.52 bits per heavy atom. The Labute approximate surface area is 168 Å². The summed E-state index contributed by atoms with van der Waals surface area (Å²) in [6.45, 7) is 8.54. The maximum absolute atomic E-state index is 13.1. The van der Waals surface area contributed by atoms with E-state index in [-0.39, 0.29) is 40.4 Å². The molecule has 29 heavy (non-hydrogen) atoms. The molecule has 0 saturated carbocycles. The van der Waals surface area contributed by atoms with Crippen LogP contribution in [-0.2, 0) is 6.42 Å². The van der Waals surface area contributed by atoms with E-state index in [0.29, 0.717) is 23.8 Å². The van der Waals surface area contributed by atoms with Crippen molar-refractivity contribution in [3.8, 4) is 11.5 Å². The first-order valence-corrected chi connectivity index (χ1v) is 9.97. The van der Waals surface area contributed by atoms with Crippen LogP contribution in [0.5, 0.6) is 11.5 Å². The fourth-order valence-electron chi connectivity index (χ4n) is 3.66. The number of phenolic OH excluding ortho intramolecular Hbond substituents is 1. The lowest BCUT2D eigenvalue weighted by Gasteiger charge is -2.25. The van der Waals surface area contributed by atoms with Gasteiger partial charge in [-0.25, -0.2) is 4.79 Å². The summed E-state index contributed by atoms with van der Waals surface area (Å²) in [4.78, 5) is 25.3. The van der Waals surface area contributed by atoms with Gasteiger partial charge in [0, 0.05) is 29.5 Å². The molecule has 1 aliphatic rings. The molecule has 1 aliphatic heterocycles. The van der Waals surface area contributed by atoms with Crippen LogP contribution in [0.1, 0.15) is 75.0 Å². The summed E-state index contributed by atoms with van der Waals surface area (Å²) in [6, 6.07) is 1.19. The predicted molar refractivity (Wildman–Crippen MR) is 108 cm³/mol. The number of Topliss-reactive ketones (excluding diaryl/α,β-unsaturated/α-hetero) is 1. The van der Waals surface area contributed by atoms with Gasteiger partial charge in [-0.1, -0.05) is 20.8 Å². The van der Waals surface area contributed by atoms with E-state index in [1.165, 1.54) is 6.07 Å². The number of ether oxygens (including phenoxy) is 1. The number of hydrogen-bond donors (Lipinski definition) is 3. The van der Waals surface area contributed by atoms with Crippen molar-refractivity contribution in [3.63, 3.8) is 0 Å². The molecular formula is C22H28O7. The number of carbonyl (C=O) groups excluding carboxylic acids is 1. The van der Waals surface area contributed by atoms with Gasteiger partial charge >= 0.3 is 5.63 Å². The Hall–Kier alpha value is -2.38. The number of aliphatic hydroxyl groups excluding tert-OH is 1. The van der Waals surface area contributed by atoms with Crippen molar-refractivity contribution in [2.45, 2.75) is 71.7 Å². The Morgan fingerprint density at radius 1 is 1.31 bits per heavy atom. The average Bonchev–Trinajstić information content (AvgIpc) is 3.12. The van der Waals surface area contributed by atoms with Gasteiger partial charge in [-0.3, -0.25) is 4.79 Å². The SMILES string of the molecule is CCC(C)C(=O)c1c(O)c2c(c3c([C@@H](O)CC)cc(=O)oc13)OC(C(C)(C)O)C2. The summed E-state index contributed by atoms with van der Waals surface area (Å²) in [5, 5.41) is 32.2. The summed E-state index contributed by atoms with van der Waals surface area (Å²) in [6.07, 6.45) is -0.591. The van der Waals surface area contributed by atoms with Crippen LogP contribution in [0.15, 0.2) is 15.3 Å². The number of hydrogen-bond acceptors (Lipinski definition) is 7. The number of aliphatic hydroxyl groups is 2. The zero-order chi connectivity index (χ0) is 21.7. The summed E-state index contributed by atoms with van der Waals surface area (Å²) in [5.41, 5.74) is -1.44. The average molecular weight is 404 g/mol. The summed E-state index contributed by atoms with van der Waals surface area (Å²) < 4.78 is 11.3. The fourth-order valence-corrected chi connectivity index (χ4v) is 3.66. The van der Waals surface area contributed by atoms with Gasteiger partial charge in [-0.15, -0.1) is 0 Å². The molecule has 7 nitrogen and oxygen atoms in total. The lowest BCUT2D eigenvalue weighted by Crippen LogP contribution is -2.39. The molecule has 0 radical (unpaired) electrons. The van der Waals surface area contributed by atoms with Crippen LogP contribution in [0, 0.1) is 5.92 Å². The van der Waals surface area contributed by atoms with E-state index >= 15 is 0 Å². The lowest BCUT2D eigenvalue weighted by atomic mass is 9.89. The number of phenols is 1. The van der Waals surface area contributed by atoms with Crippen LogP contribution in [0.3, 0.4) is 0 Å². The molecule has 3 atom stereocenters. The van der Waals surface area contributed by atoms with E-state index in [1.807, 2.05) is 6.92 Å². The molecule has 7 heteroatoms. The Morgan fingerprint density at radius 2 is 1.97 bits per heavy atom. The second-order valence-corrected chi connectivity index (χ2v) is 8.32. The molecule has 0 aliphatic carbocycles. The molecule has 158 valence electrons. The first-order chi connectivity index (χ1) is 13.5. The van der Waals surface area contributed by atoms with Crippen LogP contribution < -0.4 is 10.4 Å². The third-order valence-corrected chi connectivity index (χ3v) is 5.73. The van der Waals surface area contributed by atoms with Crippen molar-refractivity contribution in [3.05, 3.63) is 33.2 Å². The Bertz CT molecular complexity index is 1010. The second-order valence-electron chi connectivity index (χ2n) is 8.32. The van der Waals surface area contributed by atoms with Gasteiger partial charge in [0.25, 0.3) is 0 Å². The van der Waals surface area contributed by atoms with E-state index in [9.17, 15) is 24.9 Å². The molecular weight excluding hydrogens is 376 g/mol. The van der Waals surface area contributed by atoms with Crippen molar-refractivity contribution in [2.24, 2.45) is 5.92 Å². The van der Waals surface area contributed by atoms with Gasteiger partial charge in [0.05, 0.1) is 17.1 Å². The molecule has 0 fully saturated rings. The maximum atomic E-state index is 13.1. The summed E-state index contributed by atoms with van der Waals surface area (Å²) in [7, 11) is 0. The molecule has 3 N–H and O–H groups in total. The van der Waals surface area contributed by atoms with Gasteiger partial charge in [0.15, 0.2) is 11.4 Å². The van der Waals surface area contributed by atoms with E-state index < -0.39 is 29.4 Å². The number of benzene rings is 1. The fraction of sp³-hybridized carbons (Fsp3) is 0.545. The molecule has 2 heterocycles. The number of ketones is 1. The molecule has 3 rings (SSSR count). The largest absolute Gasteiger partial charge is 0.507 e. The molecule has 1 aromatic heterocycles. The Balaban J connectivity index is 2.44. The van der Waals surface area contributed by atoms with Crippen molar-refractivity contribution in [1.82, 2.24) is 0 Å². The van der Waals surface area contributed by atoms with Gasteiger partial charge in [0.2, 0.25) is 0 Å². The highest BCUT2D eigenvalue weighted by molar-refractivity contribution is 6.12. The van der Waals surface area contributed by atoms with Gasteiger partial charge in [-0.2, -0.15) is 0 Å². The van der Waals surface area contributed by atoms with E-state index in [0.717, 1.165) is 0 Å². The number of rotatable bonds is 6. The molecule has 2 aromatic rings. The topological polar surface area (TPSA) is 117 Å². The molecule has 1 aromatic carbocycles. The lowest BCUT2D eigenvalue weighted by molar-refractivity contribution is -0.0225. The molecule has 0 spiro atoms. The molecule has 0 bridgehead atoms. The number of aromatic hydroxyl groups is 1. The maximum Gasteiger partial charge on any atom is 0.336 e. The van der Waals surface area contributed by atoms with E-state index in [1.54, 1.807) is 27.7 Å². The zero-order valence-corrected chi connectivity index (χ0v) is 17.4. The van der Waals surface area contributed by atoms with Gasteiger partial charge in [0.1, 0.15) is 23.2 Å². The van der Waals surface area contributed by atoms with Crippen molar-refractivity contribution >= 4 is 16.8 Å². The van der Waals surface area contributed by atoms with Crippen molar-refractivity contribution < 1.29 is 29.3 Å². The van der Waals surface area contributed by atoms with Crippen LogP contribution in [0.25, 0.3) is 11.0 Å². The van der Waals surface area contributed by atoms with Crippen LogP contribution in [0.2, 0.25) is 0 Å². The van der Waals surface area contributed by atoms with Crippen LogP contribution >= 0.6 is 0 Å². The highest BCUT2D eigenvalue weighted by Gasteiger charge is 2.41. The summed E-state index contributed by atoms with van der Waals surface area (Å²) in [5.74, 6) is -0.817. The second kappa shape index (κ2) is 7.46. The van der Waals surface area contributed by atoms with Crippen LogP contribution in [-0.4, -0.2) is 32.8 Å². The van der Waals surface area contributed by atoms with E-state index in [2.05, 4.69) is 0 Å². The highest BCUT2D eigenvalue weighted by atomic mass is 16.5. The normalized spacial score (nSPS) is 18.4. The smallest absolute Gasteiger partial charge is 0.336 e.